The number of nitrogens with one attached hydrogen (secondary N) is 1. The minimum Gasteiger partial charge on any atom is -0.370 e. The van der Waals surface area contributed by atoms with E-state index in [1.807, 2.05) is 11.8 Å². The molecule has 32 heavy (non-hydrogen) atoms. The van der Waals surface area contributed by atoms with Crippen LogP contribution in [-0.4, -0.2) is 33.7 Å². The Kier molecular flexibility index (Phi) is 8.77. The van der Waals surface area contributed by atoms with Crippen molar-refractivity contribution < 1.29 is 4.84 Å². The molecule has 0 spiro atoms. The lowest BCUT2D eigenvalue weighted by Gasteiger charge is -2.24. The van der Waals surface area contributed by atoms with Gasteiger partial charge in [0, 0.05) is 35.8 Å². The fourth-order valence-electron chi connectivity index (χ4n) is 4.60. The van der Waals surface area contributed by atoms with Gasteiger partial charge < -0.3 is 20.0 Å². The van der Waals surface area contributed by atoms with Crippen LogP contribution >= 0.6 is 0 Å². The second-order valence-corrected chi connectivity index (χ2v) is 8.84. The molecule has 0 amide bonds. The Morgan fingerprint density at radius 1 is 1.19 bits per heavy atom. The van der Waals surface area contributed by atoms with Crippen molar-refractivity contribution in [2.45, 2.75) is 84.2 Å². The first-order valence-corrected chi connectivity index (χ1v) is 12.1. The van der Waals surface area contributed by atoms with Gasteiger partial charge in [0.15, 0.2) is 5.96 Å². The number of nitrogens with two attached hydrogens (primary N) is 1. The number of benzene rings is 1. The van der Waals surface area contributed by atoms with Gasteiger partial charge in [0.25, 0.3) is 0 Å². The molecule has 0 radical (unpaired) electrons. The molecule has 1 atom stereocenters. The van der Waals surface area contributed by atoms with E-state index in [-0.39, 0.29) is 12.0 Å². The fourth-order valence-corrected chi connectivity index (χ4v) is 4.60. The highest BCUT2D eigenvalue weighted by Gasteiger charge is 2.29. The van der Waals surface area contributed by atoms with Gasteiger partial charge in [-0.2, -0.15) is 0 Å². The number of aryl methyl sites for hydroxylation is 1. The maximum absolute atomic E-state index is 7.73. The summed E-state index contributed by atoms with van der Waals surface area (Å²) in [6.07, 6.45) is 13.3. The SMILES string of the molecule is C=C(O/N=C(\C)c1cccc2c1ccn2CCCCCCCCC)[C@@H]1CCCN1C(=N)N. The van der Waals surface area contributed by atoms with Gasteiger partial charge in [-0.05, 0) is 38.3 Å². The Labute approximate surface area is 192 Å². The number of hydrogen-bond donors (Lipinski definition) is 2. The molecule has 1 fully saturated rings. The highest BCUT2D eigenvalue weighted by atomic mass is 16.6. The van der Waals surface area contributed by atoms with Crippen molar-refractivity contribution in [1.29, 1.82) is 5.41 Å². The summed E-state index contributed by atoms with van der Waals surface area (Å²) in [5.41, 5.74) is 8.81. The van der Waals surface area contributed by atoms with Gasteiger partial charge in [-0.3, -0.25) is 5.41 Å². The summed E-state index contributed by atoms with van der Waals surface area (Å²) in [5.74, 6) is 0.603. The van der Waals surface area contributed by atoms with Crippen LogP contribution in [0.4, 0.5) is 0 Å². The topological polar surface area (TPSA) is 79.6 Å². The van der Waals surface area contributed by atoms with E-state index >= 15 is 0 Å². The summed E-state index contributed by atoms with van der Waals surface area (Å²) in [6, 6.07) is 8.44. The van der Waals surface area contributed by atoms with Gasteiger partial charge in [-0.1, -0.05) is 69.3 Å². The van der Waals surface area contributed by atoms with Crippen LogP contribution in [0.3, 0.4) is 0 Å². The van der Waals surface area contributed by atoms with E-state index < -0.39 is 0 Å². The second kappa shape index (κ2) is 11.7. The molecule has 1 saturated heterocycles. The molecule has 2 heterocycles. The Morgan fingerprint density at radius 2 is 1.94 bits per heavy atom. The smallest absolute Gasteiger partial charge is 0.189 e. The van der Waals surface area contributed by atoms with Crippen molar-refractivity contribution in [3.05, 3.63) is 48.4 Å². The van der Waals surface area contributed by atoms with Crippen molar-refractivity contribution in [2.75, 3.05) is 6.54 Å². The fraction of sp³-hybridized carbons (Fsp3) is 0.538. The lowest BCUT2D eigenvalue weighted by Crippen LogP contribution is -2.41. The maximum atomic E-state index is 7.73. The number of nitrogens with zero attached hydrogens (tertiary/aromatic N) is 3. The zero-order valence-electron chi connectivity index (χ0n) is 19.8. The molecule has 1 aliphatic rings. The molecule has 1 aromatic heterocycles. The van der Waals surface area contributed by atoms with E-state index in [4.69, 9.17) is 16.0 Å². The third kappa shape index (κ3) is 5.93. The summed E-state index contributed by atoms with van der Waals surface area (Å²) in [6.45, 7) is 10.1. The van der Waals surface area contributed by atoms with Gasteiger partial charge in [-0.25, -0.2) is 0 Å². The van der Waals surface area contributed by atoms with Crippen LogP contribution in [0.15, 0.2) is 48.0 Å². The van der Waals surface area contributed by atoms with Crippen LogP contribution in [0.5, 0.6) is 0 Å². The molecule has 0 aliphatic carbocycles. The minimum atomic E-state index is -0.0806. The molecular weight excluding hydrogens is 398 g/mol. The molecule has 0 unspecified atom stereocenters. The number of oxime groups is 1. The summed E-state index contributed by atoms with van der Waals surface area (Å²) in [7, 11) is 0. The van der Waals surface area contributed by atoms with E-state index in [0.29, 0.717) is 5.76 Å². The van der Waals surface area contributed by atoms with E-state index in [1.165, 1.54) is 55.8 Å². The zero-order valence-corrected chi connectivity index (χ0v) is 19.8. The molecule has 6 nitrogen and oxygen atoms in total. The van der Waals surface area contributed by atoms with E-state index in [9.17, 15) is 0 Å². The summed E-state index contributed by atoms with van der Waals surface area (Å²) in [4.78, 5) is 7.51. The number of rotatable bonds is 12. The first-order valence-electron chi connectivity index (χ1n) is 12.1. The molecule has 6 heteroatoms. The number of unbranched alkanes of at least 4 members (excludes halogenated alkanes) is 6. The predicted molar refractivity (Wildman–Crippen MR) is 134 cm³/mol. The Morgan fingerprint density at radius 3 is 2.69 bits per heavy atom. The van der Waals surface area contributed by atoms with Crippen molar-refractivity contribution in [3.63, 3.8) is 0 Å². The molecule has 0 saturated carbocycles. The highest BCUT2D eigenvalue weighted by molar-refractivity contribution is 6.09. The summed E-state index contributed by atoms with van der Waals surface area (Å²) < 4.78 is 2.35. The molecule has 3 rings (SSSR count). The van der Waals surface area contributed by atoms with Crippen LogP contribution in [0.25, 0.3) is 10.9 Å². The largest absolute Gasteiger partial charge is 0.370 e. The third-order valence-corrected chi connectivity index (χ3v) is 6.44. The lowest BCUT2D eigenvalue weighted by molar-refractivity contribution is 0.181. The van der Waals surface area contributed by atoms with Crippen LogP contribution in [-0.2, 0) is 11.4 Å². The average Bonchev–Trinajstić information content (AvgIpc) is 3.44. The van der Waals surface area contributed by atoms with Gasteiger partial charge in [-0.15, -0.1) is 0 Å². The Balaban J connectivity index is 1.60. The minimum absolute atomic E-state index is 0.0602. The van der Waals surface area contributed by atoms with E-state index in [0.717, 1.165) is 37.2 Å². The second-order valence-electron chi connectivity index (χ2n) is 8.84. The molecule has 0 bridgehead atoms. The number of likely N-dealkylation sites (tertiary alicyclic amines) is 1. The lowest BCUT2D eigenvalue weighted by atomic mass is 10.1. The third-order valence-electron chi connectivity index (χ3n) is 6.44. The van der Waals surface area contributed by atoms with Crippen molar-refractivity contribution >= 4 is 22.6 Å². The molecule has 1 aromatic carbocycles. The maximum Gasteiger partial charge on any atom is 0.189 e. The highest BCUT2D eigenvalue weighted by Crippen LogP contribution is 2.25. The zero-order chi connectivity index (χ0) is 22.9. The van der Waals surface area contributed by atoms with Crippen molar-refractivity contribution in [1.82, 2.24) is 9.47 Å². The van der Waals surface area contributed by atoms with E-state index in [2.05, 4.69) is 53.7 Å². The molecule has 1 aliphatic heterocycles. The number of hydrogen-bond acceptors (Lipinski definition) is 3. The van der Waals surface area contributed by atoms with Crippen molar-refractivity contribution in [2.24, 2.45) is 10.9 Å². The van der Waals surface area contributed by atoms with Crippen LogP contribution in [0.1, 0.15) is 77.2 Å². The molecule has 3 N–H and O–H groups in total. The average molecular weight is 438 g/mol. The van der Waals surface area contributed by atoms with Crippen LogP contribution < -0.4 is 5.73 Å². The molecule has 2 aromatic rings. The normalized spacial score (nSPS) is 16.6. The molecule has 174 valence electrons. The Bertz CT molecular complexity index is 945. The van der Waals surface area contributed by atoms with Crippen LogP contribution in [0, 0.1) is 5.41 Å². The van der Waals surface area contributed by atoms with Gasteiger partial charge in [0.05, 0.1) is 11.8 Å². The van der Waals surface area contributed by atoms with Gasteiger partial charge >= 0.3 is 0 Å². The van der Waals surface area contributed by atoms with Gasteiger partial charge in [0.2, 0.25) is 0 Å². The Hall–Kier alpha value is -2.76. The summed E-state index contributed by atoms with van der Waals surface area (Å²) >= 11 is 0. The molecular formula is C26H39N5O. The van der Waals surface area contributed by atoms with Crippen molar-refractivity contribution in [3.8, 4) is 0 Å². The number of aromatic nitrogens is 1. The predicted octanol–water partition coefficient (Wildman–Crippen LogP) is 6.00. The quantitative estimate of drug-likeness (QED) is 0.140. The standard InChI is InChI=1S/C26H39N5O/c1-4-5-6-7-8-9-10-17-30-19-16-23-22(13-11-14-25(23)30)20(2)29-32-21(3)24-15-12-18-31(24)26(27)28/h11,13-14,16,19,24H,3-10,12,15,17-18H2,1-2H3,(H3,27,28)/b29-20+/t24-/m0/s1. The monoisotopic (exact) mass is 437 g/mol. The summed E-state index contributed by atoms with van der Waals surface area (Å²) in [5, 5.41) is 13.3. The van der Waals surface area contributed by atoms with Crippen LogP contribution in [0.2, 0.25) is 0 Å². The first kappa shape index (κ1) is 23.9. The number of guanidine groups is 1. The first-order chi connectivity index (χ1) is 15.5. The van der Waals surface area contributed by atoms with E-state index in [1.54, 1.807) is 0 Å². The number of fused-ring (bicyclic) bond motifs is 1. The van der Waals surface area contributed by atoms with Gasteiger partial charge in [0.1, 0.15) is 5.76 Å².